The summed E-state index contributed by atoms with van der Waals surface area (Å²) < 4.78 is 33.6. The molecule has 146 valence electrons. The smallest absolute Gasteiger partial charge is 0.197 e. The molecule has 0 fully saturated rings. The van der Waals surface area contributed by atoms with Crippen LogP contribution in [0.1, 0.15) is 5.56 Å². The lowest BCUT2D eigenvalue weighted by Crippen LogP contribution is -2.07. The molecule has 0 bridgehead atoms. The number of aromatic hydroxyl groups is 2. The summed E-state index contributed by atoms with van der Waals surface area (Å²) in [5.41, 5.74) is -0.266. The molecule has 0 amide bonds. The van der Waals surface area contributed by atoms with E-state index in [1.165, 1.54) is 12.1 Å². The zero-order chi connectivity index (χ0) is 20.5. The van der Waals surface area contributed by atoms with Crippen LogP contribution in [0.4, 0.5) is 14.5 Å². The van der Waals surface area contributed by atoms with Crippen LogP contribution in [0.3, 0.4) is 0 Å². The molecule has 3 N–H and O–H groups in total. The minimum absolute atomic E-state index is 0.0712. The summed E-state index contributed by atoms with van der Waals surface area (Å²) in [5, 5.41) is 22.9. The molecule has 0 saturated heterocycles. The Morgan fingerprint density at radius 3 is 2.28 bits per heavy atom. The predicted octanol–water partition coefficient (Wildman–Crippen LogP) is 4.76. The number of hydrogen-bond acceptors (Lipinski definition) is 5. The number of rotatable bonds is 4. The fourth-order valence-electron chi connectivity index (χ4n) is 3.11. The first-order chi connectivity index (χ1) is 14.0. The summed E-state index contributed by atoms with van der Waals surface area (Å²) in [7, 11) is 0. The Kier molecular flexibility index (Phi) is 4.64. The molecule has 0 saturated carbocycles. The molecule has 0 aliphatic rings. The number of phenols is 2. The molecule has 1 heterocycles. The van der Waals surface area contributed by atoms with Gasteiger partial charge in [-0.1, -0.05) is 36.4 Å². The molecule has 5 nitrogen and oxygen atoms in total. The highest BCUT2D eigenvalue weighted by atomic mass is 19.1. The number of benzene rings is 3. The average Bonchev–Trinajstić information content (AvgIpc) is 2.69. The molecule has 3 aromatic carbocycles. The van der Waals surface area contributed by atoms with Gasteiger partial charge in [-0.25, -0.2) is 8.78 Å². The minimum Gasteiger partial charge on any atom is -0.507 e. The van der Waals surface area contributed by atoms with Crippen LogP contribution in [-0.2, 0) is 6.54 Å². The van der Waals surface area contributed by atoms with E-state index < -0.39 is 22.8 Å². The lowest BCUT2D eigenvalue weighted by Gasteiger charge is -2.13. The maximum atomic E-state index is 13.9. The number of para-hydroxylation sites is 1. The molecule has 0 aliphatic heterocycles. The van der Waals surface area contributed by atoms with E-state index in [0.717, 1.165) is 18.2 Å². The van der Waals surface area contributed by atoms with Crippen LogP contribution in [0.15, 0.2) is 69.9 Å². The van der Waals surface area contributed by atoms with Crippen molar-refractivity contribution in [2.75, 3.05) is 5.32 Å². The monoisotopic (exact) mass is 395 g/mol. The molecule has 0 atom stereocenters. The van der Waals surface area contributed by atoms with Crippen LogP contribution in [0.2, 0.25) is 0 Å². The number of anilines is 1. The molecular formula is C22H15F2NO4. The maximum Gasteiger partial charge on any atom is 0.197 e. The predicted molar refractivity (Wildman–Crippen MR) is 105 cm³/mol. The Morgan fingerprint density at radius 2 is 1.59 bits per heavy atom. The second kappa shape index (κ2) is 7.27. The molecule has 0 spiro atoms. The standard InChI is InChI=1S/C22H15F2NO4/c23-14-7-4-8-15(24)21(14)25-11-13-16(26)9-17(27)20-18(28)10-19(29-22(13)20)12-5-2-1-3-6-12/h1-10,25-27H,11H2. The van der Waals surface area contributed by atoms with Crippen molar-refractivity contribution in [1.82, 2.24) is 0 Å². The summed E-state index contributed by atoms with van der Waals surface area (Å²) in [6.07, 6.45) is 0. The highest BCUT2D eigenvalue weighted by Gasteiger charge is 2.19. The number of hydrogen-bond donors (Lipinski definition) is 3. The molecule has 1 aromatic heterocycles. The molecule has 0 aliphatic carbocycles. The van der Waals surface area contributed by atoms with Crippen LogP contribution in [0.25, 0.3) is 22.3 Å². The fraction of sp³-hybridized carbons (Fsp3) is 0.0455. The summed E-state index contributed by atoms with van der Waals surface area (Å²) >= 11 is 0. The van der Waals surface area contributed by atoms with Gasteiger partial charge in [0.15, 0.2) is 11.0 Å². The van der Waals surface area contributed by atoms with E-state index in [2.05, 4.69) is 5.32 Å². The zero-order valence-electron chi connectivity index (χ0n) is 14.9. The van der Waals surface area contributed by atoms with Crippen molar-refractivity contribution in [1.29, 1.82) is 0 Å². The summed E-state index contributed by atoms with van der Waals surface area (Å²) in [6.45, 7) is -0.248. The van der Waals surface area contributed by atoms with Crippen molar-refractivity contribution >= 4 is 16.7 Å². The topological polar surface area (TPSA) is 82.7 Å². The van der Waals surface area contributed by atoms with E-state index in [0.29, 0.717) is 5.56 Å². The Labute approximate surface area is 163 Å². The van der Waals surface area contributed by atoms with E-state index in [-0.39, 0.29) is 40.3 Å². The summed E-state index contributed by atoms with van der Waals surface area (Å²) in [5.74, 6) is -2.22. The van der Waals surface area contributed by atoms with Crippen molar-refractivity contribution in [2.24, 2.45) is 0 Å². The second-order valence-corrected chi connectivity index (χ2v) is 6.39. The number of halogens is 2. The molecular weight excluding hydrogens is 380 g/mol. The van der Waals surface area contributed by atoms with E-state index >= 15 is 0 Å². The average molecular weight is 395 g/mol. The lowest BCUT2D eigenvalue weighted by atomic mass is 10.1. The van der Waals surface area contributed by atoms with Crippen molar-refractivity contribution in [2.45, 2.75) is 6.54 Å². The first kappa shape index (κ1) is 18.5. The highest BCUT2D eigenvalue weighted by molar-refractivity contribution is 5.89. The molecule has 29 heavy (non-hydrogen) atoms. The molecule has 0 unspecified atom stereocenters. The van der Waals surface area contributed by atoms with Gasteiger partial charge in [-0.15, -0.1) is 0 Å². The highest BCUT2D eigenvalue weighted by Crippen LogP contribution is 2.35. The van der Waals surface area contributed by atoms with E-state index in [4.69, 9.17) is 4.42 Å². The van der Waals surface area contributed by atoms with Crippen molar-refractivity contribution in [3.8, 4) is 22.8 Å². The largest absolute Gasteiger partial charge is 0.507 e. The molecule has 0 radical (unpaired) electrons. The summed E-state index contributed by atoms with van der Waals surface area (Å²) in [4.78, 5) is 12.6. The third-order valence-electron chi connectivity index (χ3n) is 4.52. The number of fused-ring (bicyclic) bond motifs is 1. The van der Waals surface area contributed by atoms with E-state index in [1.807, 2.05) is 0 Å². The van der Waals surface area contributed by atoms with Crippen molar-refractivity contribution < 1.29 is 23.4 Å². The van der Waals surface area contributed by atoms with Gasteiger partial charge in [-0.2, -0.15) is 0 Å². The molecule has 4 rings (SSSR count). The van der Waals surface area contributed by atoms with Gasteiger partial charge in [-0.3, -0.25) is 4.79 Å². The number of nitrogens with one attached hydrogen (secondary N) is 1. The minimum atomic E-state index is -0.806. The van der Waals surface area contributed by atoms with Crippen LogP contribution < -0.4 is 10.7 Å². The van der Waals surface area contributed by atoms with Gasteiger partial charge < -0.3 is 19.9 Å². The van der Waals surface area contributed by atoms with Crippen LogP contribution in [-0.4, -0.2) is 10.2 Å². The van der Waals surface area contributed by atoms with Crippen molar-refractivity contribution in [3.05, 3.63) is 88.1 Å². The van der Waals surface area contributed by atoms with Crippen LogP contribution >= 0.6 is 0 Å². The van der Waals surface area contributed by atoms with Gasteiger partial charge in [0.2, 0.25) is 0 Å². The molecule has 4 aromatic rings. The van der Waals surface area contributed by atoms with Crippen LogP contribution in [0.5, 0.6) is 11.5 Å². The first-order valence-corrected chi connectivity index (χ1v) is 8.70. The van der Waals surface area contributed by atoms with Gasteiger partial charge >= 0.3 is 0 Å². The van der Waals surface area contributed by atoms with E-state index in [1.54, 1.807) is 30.3 Å². The van der Waals surface area contributed by atoms with Gasteiger partial charge in [0.05, 0.1) is 5.56 Å². The lowest BCUT2D eigenvalue weighted by molar-refractivity contribution is 0.447. The van der Waals surface area contributed by atoms with Crippen LogP contribution in [0, 0.1) is 11.6 Å². The zero-order valence-corrected chi connectivity index (χ0v) is 14.9. The summed E-state index contributed by atoms with van der Waals surface area (Å²) in [6, 6.07) is 14.5. The van der Waals surface area contributed by atoms with Crippen molar-refractivity contribution in [3.63, 3.8) is 0 Å². The second-order valence-electron chi connectivity index (χ2n) is 6.39. The fourth-order valence-corrected chi connectivity index (χ4v) is 3.11. The normalized spacial score (nSPS) is 11.0. The Morgan fingerprint density at radius 1 is 0.897 bits per heavy atom. The first-order valence-electron chi connectivity index (χ1n) is 8.70. The Balaban J connectivity index is 1.87. The van der Waals surface area contributed by atoms with Gasteiger partial charge in [0.25, 0.3) is 0 Å². The van der Waals surface area contributed by atoms with E-state index in [9.17, 15) is 23.8 Å². The van der Waals surface area contributed by atoms with Gasteiger partial charge in [0.1, 0.15) is 40.0 Å². The quantitative estimate of drug-likeness (QED) is 0.464. The van der Waals surface area contributed by atoms with Gasteiger partial charge in [-0.05, 0) is 12.1 Å². The Hall–Kier alpha value is -3.87. The third-order valence-corrected chi connectivity index (χ3v) is 4.52. The van der Waals surface area contributed by atoms with Gasteiger partial charge in [0, 0.05) is 24.2 Å². The SMILES string of the molecule is O=c1cc(-c2ccccc2)oc2c(CNc3c(F)cccc3F)c(O)cc(O)c12. The molecule has 7 heteroatoms. The maximum absolute atomic E-state index is 13.9. The Bertz CT molecular complexity index is 1250. The number of phenolic OH excluding ortho intramolecular Hbond substituents is 2. The third kappa shape index (κ3) is 3.38.